The number of nitrogens with zero attached hydrogens (tertiary/aromatic N) is 2. The second-order valence-corrected chi connectivity index (χ2v) is 6.90. The van der Waals surface area contributed by atoms with E-state index in [0.717, 1.165) is 4.68 Å². The van der Waals surface area contributed by atoms with Gasteiger partial charge in [-0.15, -0.1) is 0 Å². The van der Waals surface area contributed by atoms with Gasteiger partial charge in [-0.2, -0.15) is 5.10 Å². The van der Waals surface area contributed by atoms with Crippen LogP contribution >= 0.6 is 0 Å². The number of ether oxygens (including phenoxy) is 4. The molecule has 0 radical (unpaired) electrons. The van der Waals surface area contributed by atoms with E-state index >= 15 is 0 Å². The van der Waals surface area contributed by atoms with Crippen LogP contribution in [0.25, 0.3) is 10.8 Å². The number of anilines is 1. The number of carbonyl (C=O) groups is 2. The van der Waals surface area contributed by atoms with Gasteiger partial charge in [0, 0.05) is 23.2 Å². The van der Waals surface area contributed by atoms with Gasteiger partial charge in [-0.05, 0) is 13.0 Å². The first-order valence-electron chi connectivity index (χ1n) is 10.2. The molecule has 0 saturated heterocycles. The third kappa shape index (κ3) is 5.22. The Kier molecular flexibility index (Phi) is 7.50. The van der Waals surface area contributed by atoms with Gasteiger partial charge in [0.1, 0.15) is 6.54 Å². The number of rotatable bonds is 9. The Hall–Kier alpha value is -4.08. The highest BCUT2D eigenvalue weighted by Crippen LogP contribution is 2.39. The molecule has 0 spiro atoms. The minimum absolute atomic E-state index is 0.122. The summed E-state index contributed by atoms with van der Waals surface area (Å²) in [7, 11) is 4.41. The highest BCUT2D eigenvalue weighted by atomic mass is 16.5. The number of aromatic nitrogens is 2. The second-order valence-electron chi connectivity index (χ2n) is 6.90. The van der Waals surface area contributed by atoms with Crippen molar-refractivity contribution in [3.05, 3.63) is 52.4 Å². The van der Waals surface area contributed by atoms with Crippen molar-refractivity contribution in [2.75, 3.05) is 33.3 Å². The van der Waals surface area contributed by atoms with Crippen LogP contribution < -0.4 is 25.1 Å². The van der Waals surface area contributed by atoms with Gasteiger partial charge in [0.2, 0.25) is 11.7 Å². The van der Waals surface area contributed by atoms with E-state index < -0.39 is 17.4 Å². The number of amides is 1. The predicted octanol–water partition coefficient (Wildman–Crippen LogP) is 2.17. The maximum Gasteiger partial charge on any atom is 0.311 e. The standard InChI is InChI=1S/C23H25N3O7/c1-5-33-21(28)12-17-15-8-6-7-9-16(15)23(29)26(25-17)13-20(27)24-14-10-18(30-2)22(32-4)19(11-14)31-3/h6-11H,5,12-13H2,1-4H3,(H,24,27). The third-order valence-electron chi connectivity index (χ3n) is 4.80. The molecule has 0 aliphatic carbocycles. The Balaban J connectivity index is 1.92. The molecule has 0 aliphatic heterocycles. The van der Waals surface area contributed by atoms with E-state index in [4.69, 9.17) is 18.9 Å². The van der Waals surface area contributed by atoms with Crippen LogP contribution in [-0.4, -0.2) is 49.6 Å². The Bertz CT molecular complexity index is 1210. The van der Waals surface area contributed by atoms with E-state index in [1.54, 1.807) is 43.3 Å². The quantitative estimate of drug-likeness (QED) is 0.488. The van der Waals surface area contributed by atoms with Crippen LogP contribution in [0.5, 0.6) is 17.2 Å². The van der Waals surface area contributed by atoms with Gasteiger partial charge in [0.05, 0.1) is 45.4 Å². The van der Waals surface area contributed by atoms with E-state index in [-0.39, 0.29) is 19.6 Å². The number of esters is 1. The molecular formula is C23H25N3O7. The molecule has 1 aromatic heterocycles. The average molecular weight is 455 g/mol. The molecule has 0 atom stereocenters. The number of methoxy groups -OCH3 is 3. The zero-order valence-electron chi connectivity index (χ0n) is 18.8. The molecule has 2 aromatic carbocycles. The maximum atomic E-state index is 12.9. The van der Waals surface area contributed by atoms with Crippen molar-refractivity contribution in [1.29, 1.82) is 0 Å². The number of carbonyl (C=O) groups excluding carboxylic acids is 2. The van der Waals surface area contributed by atoms with Gasteiger partial charge in [0.15, 0.2) is 11.5 Å². The molecule has 33 heavy (non-hydrogen) atoms. The third-order valence-corrected chi connectivity index (χ3v) is 4.80. The monoisotopic (exact) mass is 455 g/mol. The minimum atomic E-state index is -0.503. The lowest BCUT2D eigenvalue weighted by molar-refractivity contribution is -0.142. The zero-order chi connectivity index (χ0) is 24.0. The summed E-state index contributed by atoms with van der Waals surface area (Å²) >= 11 is 0. The summed E-state index contributed by atoms with van der Waals surface area (Å²) in [5.41, 5.74) is 0.289. The van der Waals surface area contributed by atoms with Crippen LogP contribution in [0.15, 0.2) is 41.2 Å². The topological polar surface area (TPSA) is 118 Å². The fourth-order valence-electron chi connectivity index (χ4n) is 3.38. The summed E-state index contributed by atoms with van der Waals surface area (Å²) in [4.78, 5) is 37.7. The average Bonchev–Trinajstić information content (AvgIpc) is 2.81. The highest BCUT2D eigenvalue weighted by molar-refractivity contribution is 5.92. The fourth-order valence-corrected chi connectivity index (χ4v) is 3.38. The summed E-state index contributed by atoms with van der Waals surface area (Å²) < 4.78 is 21.9. The van der Waals surface area contributed by atoms with Crippen molar-refractivity contribution < 1.29 is 28.5 Å². The number of fused-ring (bicyclic) bond motifs is 1. The van der Waals surface area contributed by atoms with Crippen LogP contribution in [0.4, 0.5) is 5.69 Å². The Labute approximate surface area is 190 Å². The molecule has 1 heterocycles. The smallest absolute Gasteiger partial charge is 0.311 e. The van der Waals surface area contributed by atoms with Crippen molar-refractivity contribution in [2.24, 2.45) is 0 Å². The van der Waals surface area contributed by atoms with Gasteiger partial charge in [-0.25, -0.2) is 4.68 Å². The van der Waals surface area contributed by atoms with Crippen molar-refractivity contribution >= 4 is 28.3 Å². The van der Waals surface area contributed by atoms with Gasteiger partial charge >= 0.3 is 5.97 Å². The van der Waals surface area contributed by atoms with Crippen LogP contribution in [0.2, 0.25) is 0 Å². The largest absolute Gasteiger partial charge is 0.493 e. The second kappa shape index (κ2) is 10.5. The molecule has 10 nitrogen and oxygen atoms in total. The highest BCUT2D eigenvalue weighted by Gasteiger charge is 2.18. The molecule has 174 valence electrons. The lowest BCUT2D eigenvalue weighted by atomic mass is 10.1. The fraction of sp³-hybridized carbons (Fsp3) is 0.304. The van der Waals surface area contributed by atoms with Crippen molar-refractivity contribution in [3.8, 4) is 17.2 Å². The summed E-state index contributed by atoms with van der Waals surface area (Å²) in [6, 6.07) is 9.93. The molecule has 1 amide bonds. The Morgan fingerprint density at radius 2 is 1.64 bits per heavy atom. The molecule has 10 heteroatoms. The van der Waals surface area contributed by atoms with Crippen LogP contribution in [0.3, 0.4) is 0 Å². The van der Waals surface area contributed by atoms with E-state index in [9.17, 15) is 14.4 Å². The van der Waals surface area contributed by atoms with Crippen molar-refractivity contribution in [3.63, 3.8) is 0 Å². The Morgan fingerprint density at radius 3 is 2.21 bits per heavy atom. The SMILES string of the molecule is CCOC(=O)Cc1nn(CC(=O)Nc2cc(OC)c(OC)c(OC)c2)c(=O)c2ccccc12. The number of nitrogens with one attached hydrogen (secondary N) is 1. The lowest BCUT2D eigenvalue weighted by Crippen LogP contribution is -2.31. The number of hydrogen-bond acceptors (Lipinski definition) is 8. The van der Waals surface area contributed by atoms with Gasteiger partial charge in [-0.3, -0.25) is 14.4 Å². The van der Waals surface area contributed by atoms with E-state index in [0.29, 0.717) is 39.4 Å². The van der Waals surface area contributed by atoms with E-state index in [1.807, 2.05) is 0 Å². The summed E-state index contributed by atoms with van der Waals surface area (Å²) in [6.07, 6.45) is -0.122. The van der Waals surface area contributed by atoms with Crippen LogP contribution in [-0.2, 0) is 27.3 Å². The molecule has 3 rings (SSSR count). The first-order valence-corrected chi connectivity index (χ1v) is 10.2. The molecule has 0 fully saturated rings. The first kappa shape index (κ1) is 23.6. The van der Waals surface area contributed by atoms with Crippen molar-refractivity contribution in [1.82, 2.24) is 9.78 Å². The molecule has 0 saturated carbocycles. The molecule has 0 aliphatic rings. The predicted molar refractivity (Wildman–Crippen MR) is 121 cm³/mol. The summed E-state index contributed by atoms with van der Waals surface area (Å²) in [5.74, 6) is 0.141. The molecular weight excluding hydrogens is 430 g/mol. The minimum Gasteiger partial charge on any atom is -0.493 e. The van der Waals surface area contributed by atoms with Crippen LogP contribution in [0, 0.1) is 0 Å². The molecule has 1 N–H and O–H groups in total. The van der Waals surface area contributed by atoms with Crippen LogP contribution in [0.1, 0.15) is 12.6 Å². The lowest BCUT2D eigenvalue weighted by Gasteiger charge is -2.15. The van der Waals surface area contributed by atoms with E-state index in [2.05, 4.69) is 10.4 Å². The molecule has 0 bridgehead atoms. The van der Waals surface area contributed by atoms with Gasteiger partial charge in [-0.1, -0.05) is 18.2 Å². The number of benzene rings is 2. The van der Waals surface area contributed by atoms with Crippen molar-refractivity contribution in [2.45, 2.75) is 19.9 Å². The number of hydrogen-bond donors (Lipinski definition) is 1. The van der Waals surface area contributed by atoms with Gasteiger partial charge in [0.25, 0.3) is 5.56 Å². The zero-order valence-corrected chi connectivity index (χ0v) is 18.8. The summed E-state index contributed by atoms with van der Waals surface area (Å²) in [6.45, 7) is 1.57. The molecule has 3 aromatic rings. The van der Waals surface area contributed by atoms with E-state index in [1.165, 1.54) is 21.3 Å². The Morgan fingerprint density at radius 1 is 1.00 bits per heavy atom. The van der Waals surface area contributed by atoms with Gasteiger partial charge < -0.3 is 24.3 Å². The first-order chi connectivity index (χ1) is 15.9. The summed E-state index contributed by atoms with van der Waals surface area (Å²) in [5, 5.41) is 7.87. The maximum absolute atomic E-state index is 12.9. The molecule has 0 unspecified atom stereocenters. The normalized spacial score (nSPS) is 10.5.